The number of fused-ring (bicyclic) bond motifs is 2. The van der Waals surface area contributed by atoms with E-state index in [0.717, 1.165) is 27.2 Å². The zero-order valence-corrected chi connectivity index (χ0v) is 26.1. The summed E-state index contributed by atoms with van der Waals surface area (Å²) in [5.41, 5.74) is 1.61. The van der Waals surface area contributed by atoms with E-state index in [4.69, 9.17) is 9.47 Å². The highest BCUT2D eigenvalue weighted by Gasteiger charge is 2.66. The Hall–Kier alpha value is -2.79. The average molecular weight is 626 g/mol. The lowest BCUT2D eigenvalue weighted by Gasteiger charge is -2.37. The maximum absolute atomic E-state index is 14.4. The second-order valence-corrected chi connectivity index (χ2v) is 16.9. The van der Waals surface area contributed by atoms with Gasteiger partial charge in [-0.3, -0.25) is 9.48 Å². The molecule has 1 amide bonds. The second-order valence-electron chi connectivity index (χ2n) is 11.3. The van der Waals surface area contributed by atoms with Gasteiger partial charge in [0.05, 0.1) is 32.7 Å². The fourth-order valence-corrected chi connectivity index (χ4v) is 11.2. The monoisotopic (exact) mass is 624 g/mol. The van der Waals surface area contributed by atoms with Gasteiger partial charge in [0.1, 0.15) is 5.75 Å². The van der Waals surface area contributed by atoms with Gasteiger partial charge in [0.15, 0.2) is 5.60 Å². The molecule has 0 unspecified atom stereocenters. The molecule has 2 aliphatic rings. The lowest BCUT2D eigenvalue weighted by Crippen LogP contribution is -2.51. The number of methoxy groups -OCH3 is 1. The fourth-order valence-electron chi connectivity index (χ4n) is 6.80. The van der Waals surface area contributed by atoms with Crippen molar-refractivity contribution in [2.75, 3.05) is 25.2 Å². The van der Waals surface area contributed by atoms with Gasteiger partial charge in [-0.15, -0.1) is 11.7 Å². The van der Waals surface area contributed by atoms with Gasteiger partial charge in [-0.05, 0) is 42.3 Å². The number of aliphatic hydroxyl groups excluding tert-OH is 1. The molecule has 40 heavy (non-hydrogen) atoms. The summed E-state index contributed by atoms with van der Waals surface area (Å²) in [5.74, 6) is 0.732. The molecule has 1 N–H and O–H groups in total. The van der Waals surface area contributed by atoms with Crippen LogP contribution in [-0.4, -0.2) is 60.4 Å². The minimum atomic E-state index is -2.21. The Morgan fingerprint density at radius 2 is 2.00 bits per heavy atom. The highest BCUT2D eigenvalue weighted by Crippen LogP contribution is 2.60. The summed E-state index contributed by atoms with van der Waals surface area (Å²) in [5, 5.41) is 19.0. The number of amides is 1. The number of anilines is 1. The Balaban J connectivity index is 1.57. The van der Waals surface area contributed by atoms with E-state index in [1.807, 2.05) is 46.1 Å². The van der Waals surface area contributed by atoms with Crippen LogP contribution >= 0.6 is 15.9 Å². The Bertz CT molecular complexity index is 1390. The van der Waals surface area contributed by atoms with Crippen molar-refractivity contribution in [2.45, 2.75) is 56.7 Å². The lowest BCUT2D eigenvalue weighted by atomic mass is 9.82. The predicted octanol–water partition coefficient (Wildman–Crippen LogP) is 4.42. The maximum Gasteiger partial charge on any atom is 0.264 e. The van der Waals surface area contributed by atoms with Crippen LogP contribution in [0.15, 0.2) is 65.8 Å². The zero-order chi connectivity index (χ0) is 28.7. The van der Waals surface area contributed by atoms with Crippen LogP contribution in [0.25, 0.3) is 0 Å². The van der Waals surface area contributed by atoms with Crippen LogP contribution in [0, 0.1) is 5.92 Å². The molecular formula is C30H37BrN4O4Si. The molecule has 0 bridgehead atoms. The quantitative estimate of drug-likeness (QED) is 0.265. The van der Waals surface area contributed by atoms with Crippen LogP contribution in [0.4, 0.5) is 5.69 Å². The van der Waals surface area contributed by atoms with E-state index in [1.54, 1.807) is 13.2 Å². The molecule has 1 spiro atoms. The lowest BCUT2D eigenvalue weighted by molar-refractivity contribution is -0.145. The van der Waals surface area contributed by atoms with Crippen LogP contribution in [0.5, 0.6) is 5.75 Å². The Kier molecular flexibility index (Phi) is 8.07. The van der Waals surface area contributed by atoms with Crippen molar-refractivity contribution < 1.29 is 19.4 Å². The summed E-state index contributed by atoms with van der Waals surface area (Å²) in [6.07, 6.45) is 4.62. The molecule has 2 aliphatic heterocycles. The molecule has 5 rings (SSSR count). The van der Waals surface area contributed by atoms with E-state index in [-0.39, 0.29) is 30.1 Å². The first-order chi connectivity index (χ1) is 19.2. The summed E-state index contributed by atoms with van der Waals surface area (Å²) in [6.45, 7) is 11.9. The van der Waals surface area contributed by atoms with Gasteiger partial charge < -0.3 is 19.5 Å². The largest absolute Gasteiger partial charge is 0.497 e. The molecule has 0 aliphatic carbocycles. The average Bonchev–Trinajstić information content (AvgIpc) is 3.58. The number of hydrogen-bond acceptors (Lipinski definition) is 6. The highest BCUT2D eigenvalue weighted by molar-refractivity contribution is 9.10. The molecule has 1 saturated heterocycles. The molecule has 2 aromatic carbocycles. The van der Waals surface area contributed by atoms with E-state index >= 15 is 0 Å². The number of carbonyl (C=O) groups excluding carboxylic acids is 1. The van der Waals surface area contributed by atoms with E-state index in [1.165, 1.54) is 5.19 Å². The fraction of sp³-hybridized carbons (Fsp3) is 0.433. The zero-order valence-electron chi connectivity index (χ0n) is 23.5. The third-order valence-corrected chi connectivity index (χ3v) is 13.6. The Morgan fingerprint density at radius 3 is 2.67 bits per heavy atom. The molecular weight excluding hydrogens is 588 g/mol. The van der Waals surface area contributed by atoms with Gasteiger partial charge >= 0.3 is 0 Å². The van der Waals surface area contributed by atoms with Gasteiger partial charge in [-0.2, -0.15) is 0 Å². The van der Waals surface area contributed by atoms with Crippen molar-refractivity contribution in [3.05, 3.63) is 77.0 Å². The first-order valence-electron chi connectivity index (χ1n) is 13.7. The van der Waals surface area contributed by atoms with Crippen LogP contribution in [0.3, 0.4) is 0 Å². The number of carbonyl (C=O) groups is 1. The third-order valence-electron chi connectivity index (χ3n) is 8.71. The van der Waals surface area contributed by atoms with Crippen molar-refractivity contribution >= 4 is 40.8 Å². The van der Waals surface area contributed by atoms with Crippen molar-refractivity contribution in [1.29, 1.82) is 0 Å². The first kappa shape index (κ1) is 28.7. The standard InChI is InChI=1S/C30H37BrN4O4Si/c1-6-15-35-26-12-7-21(31)18-25(26)30(29(35)37)20(2)28(40(4,5)24-10-8-23(38-3)9-11-24)27(39-30)13-16-34-19-22(14-17-36)32-33-34/h6-12,18-20,27-28,36H,1,13-17H2,2-5H3/t20-,27+,28-,30+/m0/s1. The van der Waals surface area contributed by atoms with Crippen molar-refractivity contribution in [1.82, 2.24) is 15.0 Å². The Morgan fingerprint density at radius 1 is 1.25 bits per heavy atom. The second kappa shape index (κ2) is 11.2. The third kappa shape index (κ3) is 4.74. The molecule has 10 heteroatoms. The predicted molar refractivity (Wildman–Crippen MR) is 162 cm³/mol. The molecule has 3 aromatic rings. The van der Waals surface area contributed by atoms with E-state index in [2.05, 4.69) is 65.0 Å². The number of rotatable bonds is 10. The minimum absolute atomic E-state index is 0.0222. The topological polar surface area (TPSA) is 89.7 Å². The van der Waals surface area contributed by atoms with Gasteiger partial charge in [0.2, 0.25) is 0 Å². The molecule has 1 aromatic heterocycles. The van der Waals surface area contributed by atoms with E-state index in [9.17, 15) is 9.90 Å². The first-order valence-corrected chi connectivity index (χ1v) is 17.6. The van der Waals surface area contributed by atoms with E-state index < -0.39 is 13.7 Å². The number of nitrogens with zero attached hydrogens (tertiary/aromatic N) is 4. The Labute approximate surface area is 245 Å². The normalized spacial score (nSPS) is 24.1. The molecule has 4 atom stereocenters. The SMILES string of the molecule is C=CCN1C(=O)[C@]2(O[C@H](CCn3cc(CCO)nn3)[C@@H]([Si](C)(C)c3ccc(OC)cc3)[C@@H]2C)c2cc(Br)ccc21. The smallest absolute Gasteiger partial charge is 0.264 e. The van der Waals surface area contributed by atoms with Crippen LogP contribution in [0.2, 0.25) is 18.6 Å². The summed E-state index contributed by atoms with van der Waals surface area (Å²) < 4.78 is 15.3. The summed E-state index contributed by atoms with van der Waals surface area (Å²) in [6, 6.07) is 14.4. The van der Waals surface area contributed by atoms with Gasteiger partial charge in [-0.25, -0.2) is 0 Å². The molecule has 8 nitrogen and oxygen atoms in total. The number of halogens is 1. The molecule has 0 radical (unpaired) electrons. The van der Waals surface area contributed by atoms with Gasteiger partial charge in [0.25, 0.3) is 5.91 Å². The number of hydrogen-bond donors (Lipinski definition) is 1. The number of aliphatic hydroxyl groups is 1. The number of aromatic nitrogens is 3. The summed E-state index contributed by atoms with van der Waals surface area (Å²) >= 11 is 3.65. The summed E-state index contributed by atoms with van der Waals surface area (Å²) in [4.78, 5) is 16.2. The summed E-state index contributed by atoms with van der Waals surface area (Å²) in [7, 11) is -0.537. The number of benzene rings is 2. The molecule has 1 fully saturated rings. The molecule has 3 heterocycles. The van der Waals surface area contributed by atoms with Gasteiger partial charge in [0, 0.05) is 48.3 Å². The van der Waals surface area contributed by atoms with Crippen molar-refractivity contribution in [3.8, 4) is 5.75 Å². The van der Waals surface area contributed by atoms with Crippen LogP contribution < -0.4 is 14.8 Å². The minimum Gasteiger partial charge on any atom is -0.497 e. The maximum atomic E-state index is 14.4. The highest BCUT2D eigenvalue weighted by atomic mass is 79.9. The van der Waals surface area contributed by atoms with Crippen LogP contribution in [-0.2, 0) is 28.1 Å². The van der Waals surface area contributed by atoms with Crippen LogP contribution in [0.1, 0.15) is 24.6 Å². The van der Waals surface area contributed by atoms with E-state index in [0.29, 0.717) is 25.9 Å². The molecule has 0 saturated carbocycles. The number of aryl methyl sites for hydroxylation is 1. The van der Waals surface area contributed by atoms with Crippen molar-refractivity contribution in [3.63, 3.8) is 0 Å². The van der Waals surface area contributed by atoms with Gasteiger partial charge in [-0.1, -0.05) is 64.6 Å². The molecule has 212 valence electrons. The van der Waals surface area contributed by atoms with Crippen molar-refractivity contribution in [2.24, 2.45) is 5.92 Å². The number of ether oxygens (including phenoxy) is 2.